The van der Waals surface area contributed by atoms with E-state index in [9.17, 15) is 0 Å². The minimum absolute atomic E-state index is 0.732. The van der Waals surface area contributed by atoms with Crippen molar-refractivity contribution in [1.82, 2.24) is 10.3 Å². The second-order valence-electron chi connectivity index (χ2n) is 4.92. The van der Waals surface area contributed by atoms with Gasteiger partial charge in [0.25, 0.3) is 0 Å². The lowest BCUT2D eigenvalue weighted by Crippen LogP contribution is -2.32. The Bertz CT molecular complexity index is 349. The minimum Gasteiger partial charge on any atom is -0.383 e. The van der Waals surface area contributed by atoms with Gasteiger partial charge in [-0.2, -0.15) is 0 Å². The first-order valence-corrected chi connectivity index (χ1v) is 7.72. The zero-order chi connectivity index (χ0) is 12.6. The SMILES string of the molecule is Brc1cnccc1NCCNC1CCCCCC1. The number of hydrogen-bond donors (Lipinski definition) is 2. The summed E-state index contributed by atoms with van der Waals surface area (Å²) in [5.41, 5.74) is 1.12. The van der Waals surface area contributed by atoms with Gasteiger partial charge in [-0.3, -0.25) is 4.98 Å². The molecule has 0 aromatic carbocycles. The van der Waals surface area contributed by atoms with E-state index in [1.807, 2.05) is 18.5 Å². The third kappa shape index (κ3) is 4.58. The summed E-state index contributed by atoms with van der Waals surface area (Å²) in [5.74, 6) is 0. The van der Waals surface area contributed by atoms with E-state index in [0.29, 0.717) is 0 Å². The Morgan fingerprint density at radius 2 is 1.94 bits per heavy atom. The number of nitrogens with one attached hydrogen (secondary N) is 2. The van der Waals surface area contributed by atoms with Gasteiger partial charge in [0.15, 0.2) is 0 Å². The van der Waals surface area contributed by atoms with Crippen LogP contribution in [0.2, 0.25) is 0 Å². The fourth-order valence-corrected chi connectivity index (χ4v) is 2.87. The molecule has 1 saturated carbocycles. The van der Waals surface area contributed by atoms with E-state index in [0.717, 1.165) is 29.3 Å². The van der Waals surface area contributed by atoms with Crippen molar-refractivity contribution in [2.75, 3.05) is 18.4 Å². The van der Waals surface area contributed by atoms with Crippen molar-refractivity contribution < 1.29 is 0 Å². The van der Waals surface area contributed by atoms with Crippen molar-refractivity contribution in [3.05, 3.63) is 22.9 Å². The fraction of sp³-hybridized carbons (Fsp3) is 0.643. The molecular formula is C14H22BrN3. The number of nitrogens with zero attached hydrogens (tertiary/aromatic N) is 1. The average Bonchev–Trinajstić information content (AvgIpc) is 2.65. The number of anilines is 1. The molecule has 3 nitrogen and oxygen atoms in total. The Morgan fingerprint density at radius 1 is 1.17 bits per heavy atom. The summed E-state index contributed by atoms with van der Waals surface area (Å²) in [6, 6.07) is 2.73. The maximum Gasteiger partial charge on any atom is 0.0590 e. The van der Waals surface area contributed by atoms with E-state index >= 15 is 0 Å². The highest BCUT2D eigenvalue weighted by Crippen LogP contribution is 2.19. The van der Waals surface area contributed by atoms with Crippen LogP contribution in [-0.2, 0) is 0 Å². The summed E-state index contributed by atoms with van der Waals surface area (Å²) in [5, 5.41) is 7.08. The van der Waals surface area contributed by atoms with Crippen LogP contribution in [0.1, 0.15) is 38.5 Å². The van der Waals surface area contributed by atoms with Crippen molar-refractivity contribution in [3.8, 4) is 0 Å². The molecule has 0 aliphatic heterocycles. The van der Waals surface area contributed by atoms with Gasteiger partial charge >= 0.3 is 0 Å². The molecular weight excluding hydrogens is 290 g/mol. The van der Waals surface area contributed by atoms with Gasteiger partial charge < -0.3 is 10.6 Å². The summed E-state index contributed by atoms with van der Waals surface area (Å²) in [6.07, 6.45) is 11.9. The molecule has 100 valence electrons. The fourth-order valence-electron chi connectivity index (χ4n) is 2.48. The molecule has 0 spiro atoms. The molecule has 18 heavy (non-hydrogen) atoms. The lowest BCUT2D eigenvalue weighted by Gasteiger charge is -2.16. The van der Waals surface area contributed by atoms with E-state index in [4.69, 9.17) is 0 Å². The monoisotopic (exact) mass is 311 g/mol. The average molecular weight is 312 g/mol. The van der Waals surface area contributed by atoms with E-state index in [1.165, 1.54) is 38.5 Å². The lowest BCUT2D eigenvalue weighted by molar-refractivity contribution is 0.468. The second-order valence-corrected chi connectivity index (χ2v) is 5.78. The molecule has 2 N–H and O–H groups in total. The van der Waals surface area contributed by atoms with Crippen LogP contribution in [0.5, 0.6) is 0 Å². The van der Waals surface area contributed by atoms with Gasteiger partial charge in [0.1, 0.15) is 0 Å². The third-order valence-corrected chi connectivity index (χ3v) is 4.13. The van der Waals surface area contributed by atoms with Crippen LogP contribution in [0.3, 0.4) is 0 Å². The van der Waals surface area contributed by atoms with Gasteiger partial charge in [-0.1, -0.05) is 25.7 Å². The van der Waals surface area contributed by atoms with Gasteiger partial charge in [0, 0.05) is 31.5 Å². The van der Waals surface area contributed by atoms with Crippen LogP contribution < -0.4 is 10.6 Å². The van der Waals surface area contributed by atoms with Crippen LogP contribution >= 0.6 is 15.9 Å². The molecule has 1 heterocycles. The Kier molecular flexibility index (Phi) is 5.94. The number of hydrogen-bond acceptors (Lipinski definition) is 3. The van der Waals surface area contributed by atoms with Gasteiger partial charge in [-0.25, -0.2) is 0 Å². The number of halogens is 1. The first-order chi connectivity index (χ1) is 8.86. The second kappa shape index (κ2) is 7.74. The maximum absolute atomic E-state index is 4.05. The van der Waals surface area contributed by atoms with Crippen molar-refractivity contribution in [3.63, 3.8) is 0 Å². The smallest absolute Gasteiger partial charge is 0.0590 e. The molecule has 1 aromatic rings. The highest BCUT2D eigenvalue weighted by atomic mass is 79.9. The number of pyridine rings is 1. The number of rotatable bonds is 5. The Labute approximate surface area is 118 Å². The zero-order valence-corrected chi connectivity index (χ0v) is 12.4. The molecule has 0 bridgehead atoms. The highest BCUT2D eigenvalue weighted by Gasteiger charge is 2.10. The summed E-state index contributed by atoms with van der Waals surface area (Å²) in [6.45, 7) is 1.98. The van der Waals surface area contributed by atoms with Gasteiger partial charge in [0.05, 0.1) is 10.2 Å². The molecule has 0 unspecified atom stereocenters. The summed E-state index contributed by atoms with van der Waals surface area (Å²) >= 11 is 3.49. The molecule has 1 aliphatic rings. The molecule has 0 saturated heterocycles. The quantitative estimate of drug-likeness (QED) is 0.645. The summed E-state index contributed by atoms with van der Waals surface area (Å²) < 4.78 is 1.03. The first kappa shape index (κ1) is 13.8. The van der Waals surface area contributed by atoms with Crippen LogP contribution in [-0.4, -0.2) is 24.1 Å². The molecule has 1 aliphatic carbocycles. The normalized spacial score (nSPS) is 17.4. The molecule has 1 aromatic heterocycles. The predicted molar refractivity (Wildman–Crippen MR) is 79.9 cm³/mol. The topological polar surface area (TPSA) is 37.0 Å². The van der Waals surface area contributed by atoms with Gasteiger partial charge in [-0.15, -0.1) is 0 Å². The molecule has 2 rings (SSSR count). The highest BCUT2D eigenvalue weighted by molar-refractivity contribution is 9.10. The van der Waals surface area contributed by atoms with E-state index in [2.05, 4.69) is 31.5 Å². The van der Waals surface area contributed by atoms with Crippen molar-refractivity contribution in [2.45, 2.75) is 44.6 Å². The van der Waals surface area contributed by atoms with Crippen LogP contribution in [0.15, 0.2) is 22.9 Å². The molecule has 0 atom stereocenters. The van der Waals surface area contributed by atoms with Crippen molar-refractivity contribution in [2.24, 2.45) is 0 Å². The van der Waals surface area contributed by atoms with E-state index in [-0.39, 0.29) is 0 Å². The zero-order valence-electron chi connectivity index (χ0n) is 10.8. The van der Waals surface area contributed by atoms with E-state index in [1.54, 1.807) is 0 Å². The Hall–Kier alpha value is -0.610. The first-order valence-electron chi connectivity index (χ1n) is 6.93. The molecule has 0 radical (unpaired) electrons. The van der Waals surface area contributed by atoms with Crippen LogP contribution in [0, 0.1) is 0 Å². The lowest BCUT2D eigenvalue weighted by atomic mass is 10.1. The Balaban J connectivity index is 1.65. The molecule has 1 fully saturated rings. The van der Waals surface area contributed by atoms with Crippen LogP contribution in [0.4, 0.5) is 5.69 Å². The van der Waals surface area contributed by atoms with Crippen molar-refractivity contribution in [1.29, 1.82) is 0 Å². The van der Waals surface area contributed by atoms with Gasteiger partial charge in [0.2, 0.25) is 0 Å². The largest absolute Gasteiger partial charge is 0.383 e. The summed E-state index contributed by atoms with van der Waals surface area (Å²) in [4.78, 5) is 4.05. The molecule has 0 amide bonds. The van der Waals surface area contributed by atoms with Crippen LogP contribution in [0.25, 0.3) is 0 Å². The summed E-state index contributed by atoms with van der Waals surface area (Å²) in [7, 11) is 0. The van der Waals surface area contributed by atoms with E-state index < -0.39 is 0 Å². The minimum atomic E-state index is 0.732. The molecule has 4 heteroatoms. The number of aromatic nitrogens is 1. The third-order valence-electron chi connectivity index (χ3n) is 3.50. The maximum atomic E-state index is 4.05. The van der Waals surface area contributed by atoms with Crippen molar-refractivity contribution >= 4 is 21.6 Å². The van der Waals surface area contributed by atoms with Gasteiger partial charge in [-0.05, 0) is 34.8 Å². The predicted octanol–water partition coefficient (Wildman–Crippen LogP) is 3.57. The standard InChI is InChI=1S/C14H22BrN3/c15-13-11-16-8-7-14(13)18-10-9-17-12-5-3-1-2-4-6-12/h7-8,11-12,17H,1-6,9-10H2,(H,16,18). The Morgan fingerprint density at radius 3 is 2.67 bits per heavy atom.